The predicted molar refractivity (Wildman–Crippen MR) is 78.7 cm³/mol. The van der Waals surface area contributed by atoms with Crippen molar-refractivity contribution in [1.29, 1.82) is 0 Å². The molecule has 1 aliphatic heterocycles. The molecule has 2 nitrogen and oxygen atoms in total. The Morgan fingerprint density at radius 2 is 2.11 bits per heavy atom. The van der Waals surface area contributed by atoms with E-state index < -0.39 is 0 Å². The van der Waals surface area contributed by atoms with E-state index in [4.69, 9.17) is 4.74 Å². The molecule has 1 heterocycles. The zero-order chi connectivity index (χ0) is 13.0. The smallest absolute Gasteiger partial charge is 0.0587 e. The summed E-state index contributed by atoms with van der Waals surface area (Å²) in [4.78, 5) is 0. The lowest BCUT2D eigenvalue weighted by atomic mass is 9.99. The van der Waals surface area contributed by atoms with Crippen LogP contribution >= 0.6 is 15.9 Å². The van der Waals surface area contributed by atoms with Crippen LogP contribution in [0.1, 0.15) is 44.7 Å². The fraction of sp³-hybridized carbons (Fsp3) is 0.600. The average Bonchev–Trinajstić information content (AvgIpc) is 2.39. The molecule has 3 unspecified atom stereocenters. The number of halogens is 1. The molecule has 1 aliphatic rings. The zero-order valence-electron chi connectivity index (χ0n) is 11.2. The molecule has 1 fully saturated rings. The summed E-state index contributed by atoms with van der Waals surface area (Å²) in [5.74, 6) is 0. The van der Waals surface area contributed by atoms with Crippen LogP contribution in [0.5, 0.6) is 0 Å². The number of nitrogens with one attached hydrogen (secondary N) is 1. The summed E-state index contributed by atoms with van der Waals surface area (Å²) in [7, 11) is 0. The van der Waals surface area contributed by atoms with Gasteiger partial charge in [-0.1, -0.05) is 35.0 Å². The minimum Gasteiger partial charge on any atom is -0.378 e. The monoisotopic (exact) mass is 311 g/mol. The Balaban J connectivity index is 1.90. The highest BCUT2D eigenvalue weighted by Crippen LogP contribution is 2.21. The quantitative estimate of drug-likeness (QED) is 0.905. The van der Waals surface area contributed by atoms with E-state index in [1.807, 2.05) is 0 Å². The van der Waals surface area contributed by atoms with E-state index in [1.165, 1.54) is 5.56 Å². The van der Waals surface area contributed by atoms with Gasteiger partial charge in [0.15, 0.2) is 0 Å². The van der Waals surface area contributed by atoms with Crippen LogP contribution in [0.4, 0.5) is 0 Å². The third-order valence-corrected chi connectivity index (χ3v) is 4.21. The number of hydrogen-bond acceptors (Lipinski definition) is 2. The predicted octanol–water partition coefficient (Wildman–Crippen LogP) is 4.06. The first kappa shape index (κ1) is 14.0. The molecular formula is C15H22BrNO. The molecule has 0 spiro atoms. The highest BCUT2D eigenvalue weighted by molar-refractivity contribution is 9.10. The number of rotatable bonds is 4. The van der Waals surface area contributed by atoms with Gasteiger partial charge in [-0.05, 0) is 43.9 Å². The van der Waals surface area contributed by atoms with Crippen molar-refractivity contribution >= 4 is 15.9 Å². The van der Waals surface area contributed by atoms with Crippen molar-refractivity contribution in [3.05, 3.63) is 34.3 Å². The second kappa shape index (κ2) is 6.69. The minimum atomic E-state index is 0.402. The van der Waals surface area contributed by atoms with Gasteiger partial charge in [-0.25, -0.2) is 0 Å². The molecule has 1 aromatic rings. The van der Waals surface area contributed by atoms with Gasteiger partial charge >= 0.3 is 0 Å². The lowest BCUT2D eigenvalue weighted by molar-refractivity contribution is -0.00165. The summed E-state index contributed by atoms with van der Waals surface area (Å²) in [5, 5.41) is 3.72. The maximum atomic E-state index is 5.71. The summed E-state index contributed by atoms with van der Waals surface area (Å²) < 4.78 is 6.85. The number of hydrogen-bond donors (Lipinski definition) is 1. The third-order valence-electron chi connectivity index (χ3n) is 3.68. The molecule has 2 rings (SSSR count). The lowest BCUT2D eigenvalue weighted by Crippen LogP contribution is -2.39. The summed E-state index contributed by atoms with van der Waals surface area (Å²) >= 11 is 3.47. The molecule has 1 aromatic carbocycles. The Kier molecular flexibility index (Phi) is 5.22. The van der Waals surface area contributed by atoms with Gasteiger partial charge in [0, 0.05) is 23.2 Å². The molecule has 0 aliphatic carbocycles. The normalized spacial score (nSPS) is 25.9. The molecule has 0 bridgehead atoms. The molecule has 18 heavy (non-hydrogen) atoms. The molecule has 1 saturated heterocycles. The number of benzene rings is 1. The largest absolute Gasteiger partial charge is 0.378 e. The number of ether oxygens (including phenoxy) is 1. The van der Waals surface area contributed by atoms with Crippen LogP contribution in [0.3, 0.4) is 0 Å². The molecule has 1 N–H and O–H groups in total. The van der Waals surface area contributed by atoms with Crippen molar-refractivity contribution < 1.29 is 4.74 Å². The Morgan fingerprint density at radius 1 is 1.39 bits per heavy atom. The van der Waals surface area contributed by atoms with Gasteiger partial charge in [-0.3, -0.25) is 0 Å². The van der Waals surface area contributed by atoms with Crippen molar-refractivity contribution in [2.24, 2.45) is 0 Å². The molecule has 0 radical (unpaired) electrons. The summed E-state index contributed by atoms with van der Waals surface area (Å²) in [6.45, 7) is 5.33. The topological polar surface area (TPSA) is 21.3 Å². The van der Waals surface area contributed by atoms with Crippen LogP contribution in [0.25, 0.3) is 0 Å². The van der Waals surface area contributed by atoms with Crippen molar-refractivity contribution in [3.8, 4) is 0 Å². The Hall–Kier alpha value is -0.380. The van der Waals surface area contributed by atoms with Crippen LogP contribution < -0.4 is 5.32 Å². The van der Waals surface area contributed by atoms with Crippen LogP contribution in [0.15, 0.2) is 28.7 Å². The van der Waals surface area contributed by atoms with Crippen LogP contribution in [-0.2, 0) is 4.74 Å². The van der Waals surface area contributed by atoms with Gasteiger partial charge in [0.2, 0.25) is 0 Å². The third kappa shape index (κ3) is 3.81. The standard InChI is InChI=1S/C15H22BrNO/c1-3-15-10-14(8-9-18-15)17-11(2)12-4-6-13(16)7-5-12/h4-7,11,14-15,17H,3,8-10H2,1-2H3. The van der Waals surface area contributed by atoms with Gasteiger partial charge in [-0.15, -0.1) is 0 Å². The SMILES string of the molecule is CCC1CC(NC(C)c2ccc(Br)cc2)CCO1. The van der Waals surface area contributed by atoms with Gasteiger partial charge in [0.25, 0.3) is 0 Å². The second-order valence-corrected chi connectivity index (χ2v) is 5.98. The molecule has 0 aromatic heterocycles. The Bertz CT molecular complexity index is 365. The van der Waals surface area contributed by atoms with Crippen molar-refractivity contribution in [2.75, 3.05) is 6.61 Å². The van der Waals surface area contributed by atoms with E-state index in [2.05, 4.69) is 59.4 Å². The first-order valence-electron chi connectivity index (χ1n) is 6.82. The average molecular weight is 312 g/mol. The van der Waals surface area contributed by atoms with Crippen LogP contribution in [0, 0.1) is 0 Å². The maximum absolute atomic E-state index is 5.71. The molecular weight excluding hydrogens is 290 g/mol. The molecule has 0 amide bonds. The van der Waals surface area contributed by atoms with E-state index in [0.717, 1.165) is 30.3 Å². The Labute approximate surface area is 118 Å². The van der Waals surface area contributed by atoms with Crippen LogP contribution in [-0.4, -0.2) is 18.8 Å². The Morgan fingerprint density at radius 3 is 2.78 bits per heavy atom. The maximum Gasteiger partial charge on any atom is 0.0587 e. The minimum absolute atomic E-state index is 0.402. The summed E-state index contributed by atoms with van der Waals surface area (Å²) in [6, 6.07) is 9.55. The van der Waals surface area contributed by atoms with E-state index in [0.29, 0.717) is 18.2 Å². The second-order valence-electron chi connectivity index (χ2n) is 5.06. The van der Waals surface area contributed by atoms with Crippen molar-refractivity contribution in [3.63, 3.8) is 0 Å². The van der Waals surface area contributed by atoms with Gasteiger partial charge in [0.1, 0.15) is 0 Å². The van der Waals surface area contributed by atoms with E-state index in [-0.39, 0.29) is 0 Å². The summed E-state index contributed by atoms with van der Waals surface area (Å²) in [5.41, 5.74) is 1.35. The van der Waals surface area contributed by atoms with Crippen molar-refractivity contribution in [1.82, 2.24) is 5.32 Å². The summed E-state index contributed by atoms with van der Waals surface area (Å²) in [6.07, 6.45) is 3.81. The van der Waals surface area contributed by atoms with Gasteiger partial charge in [-0.2, -0.15) is 0 Å². The van der Waals surface area contributed by atoms with E-state index in [9.17, 15) is 0 Å². The molecule has 3 heteroatoms. The fourth-order valence-electron chi connectivity index (χ4n) is 2.52. The molecule has 3 atom stereocenters. The van der Waals surface area contributed by atoms with Gasteiger partial charge < -0.3 is 10.1 Å². The van der Waals surface area contributed by atoms with Gasteiger partial charge in [0.05, 0.1) is 6.10 Å². The van der Waals surface area contributed by atoms with Crippen molar-refractivity contribution in [2.45, 2.75) is 51.3 Å². The van der Waals surface area contributed by atoms with Crippen LogP contribution in [0.2, 0.25) is 0 Å². The highest BCUT2D eigenvalue weighted by atomic mass is 79.9. The first-order chi connectivity index (χ1) is 8.69. The highest BCUT2D eigenvalue weighted by Gasteiger charge is 2.22. The van der Waals surface area contributed by atoms with E-state index in [1.54, 1.807) is 0 Å². The zero-order valence-corrected chi connectivity index (χ0v) is 12.7. The van der Waals surface area contributed by atoms with E-state index >= 15 is 0 Å². The first-order valence-corrected chi connectivity index (χ1v) is 7.61. The molecule has 100 valence electrons. The molecule has 0 saturated carbocycles. The fourth-order valence-corrected chi connectivity index (χ4v) is 2.78. The lowest BCUT2D eigenvalue weighted by Gasteiger charge is -2.31.